The molecular formula is C24H28N4O2S. The van der Waals surface area contributed by atoms with Crippen LogP contribution < -0.4 is 10.1 Å². The lowest BCUT2D eigenvalue weighted by molar-refractivity contribution is -0.118. The Morgan fingerprint density at radius 1 is 1.10 bits per heavy atom. The van der Waals surface area contributed by atoms with Crippen LogP contribution in [0.5, 0.6) is 5.75 Å². The zero-order valence-corrected chi connectivity index (χ0v) is 19.2. The third kappa shape index (κ3) is 5.10. The maximum atomic E-state index is 12.2. The number of hydrogen-bond donors (Lipinski definition) is 1. The first-order chi connectivity index (χ1) is 14.8. The average Bonchev–Trinajstić information content (AvgIpc) is 3.47. The lowest BCUT2D eigenvalue weighted by atomic mass is 9.87. The van der Waals surface area contributed by atoms with E-state index >= 15 is 0 Å². The predicted octanol–water partition coefficient (Wildman–Crippen LogP) is 4.61. The van der Waals surface area contributed by atoms with Gasteiger partial charge in [0.25, 0.3) is 0 Å². The van der Waals surface area contributed by atoms with Crippen LogP contribution in [0.3, 0.4) is 0 Å². The first kappa shape index (κ1) is 21.4. The molecule has 1 heterocycles. The second-order valence-corrected chi connectivity index (χ2v) is 9.74. The molecule has 0 aliphatic heterocycles. The minimum atomic E-state index is 0.0351. The highest BCUT2D eigenvalue weighted by Crippen LogP contribution is 2.31. The fourth-order valence-electron chi connectivity index (χ4n) is 3.26. The van der Waals surface area contributed by atoms with Gasteiger partial charge in [-0.05, 0) is 48.1 Å². The van der Waals surface area contributed by atoms with Crippen molar-refractivity contribution in [1.29, 1.82) is 0 Å². The summed E-state index contributed by atoms with van der Waals surface area (Å²) in [6.45, 7) is 6.59. The summed E-state index contributed by atoms with van der Waals surface area (Å²) in [6.07, 6.45) is 2.15. The fraction of sp³-hybridized carbons (Fsp3) is 0.375. The molecule has 0 saturated heterocycles. The van der Waals surface area contributed by atoms with Crippen molar-refractivity contribution in [2.24, 2.45) is 0 Å². The molecule has 1 aliphatic carbocycles. The second kappa shape index (κ2) is 8.75. The molecule has 0 unspecified atom stereocenters. The van der Waals surface area contributed by atoms with Gasteiger partial charge in [0.1, 0.15) is 5.75 Å². The zero-order valence-electron chi connectivity index (χ0n) is 18.4. The van der Waals surface area contributed by atoms with Gasteiger partial charge >= 0.3 is 0 Å². The zero-order chi connectivity index (χ0) is 22.0. The highest BCUT2D eigenvalue weighted by molar-refractivity contribution is 7.99. The molecule has 1 aliphatic rings. The van der Waals surface area contributed by atoms with Crippen LogP contribution in [0.1, 0.15) is 39.2 Å². The quantitative estimate of drug-likeness (QED) is 0.548. The molecule has 1 amide bonds. The van der Waals surface area contributed by atoms with Crippen molar-refractivity contribution >= 4 is 17.7 Å². The van der Waals surface area contributed by atoms with E-state index in [0.29, 0.717) is 17.0 Å². The van der Waals surface area contributed by atoms with Crippen molar-refractivity contribution in [2.45, 2.75) is 50.2 Å². The van der Waals surface area contributed by atoms with E-state index in [1.165, 1.54) is 17.3 Å². The van der Waals surface area contributed by atoms with Crippen LogP contribution in [-0.4, -0.2) is 39.6 Å². The van der Waals surface area contributed by atoms with E-state index in [0.717, 1.165) is 35.7 Å². The van der Waals surface area contributed by atoms with Crippen molar-refractivity contribution in [1.82, 2.24) is 20.1 Å². The molecule has 162 valence electrons. The lowest BCUT2D eigenvalue weighted by Crippen LogP contribution is -2.27. The second-order valence-electron chi connectivity index (χ2n) is 8.80. The van der Waals surface area contributed by atoms with Gasteiger partial charge in [-0.1, -0.05) is 56.8 Å². The molecule has 0 bridgehead atoms. The molecule has 0 atom stereocenters. The Bertz CT molecular complexity index is 1050. The summed E-state index contributed by atoms with van der Waals surface area (Å²) in [7, 11) is 1.65. The van der Waals surface area contributed by atoms with E-state index < -0.39 is 0 Å². The van der Waals surface area contributed by atoms with E-state index in [4.69, 9.17) is 4.74 Å². The summed E-state index contributed by atoms with van der Waals surface area (Å²) < 4.78 is 7.30. The molecule has 0 spiro atoms. The number of nitrogens with one attached hydrogen (secondary N) is 1. The highest BCUT2D eigenvalue weighted by Gasteiger charge is 2.24. The Balaban J connectivity index is 1.66. The number of thioether (sulfide) groups is 1. The number of carbonyl (C=O) groups excluding carboxylic acids is 1. The van der Waals surface area contributed by atoms with Gasteiger partial charge in [0.2, 0.25) is 5.91 Å². The summed E-state index contributed by atoms with van der Waals surface area (Å²) in [4.78, 5) is 12.2. The van der Waals surface area contributed by atoms with Crippen LogP contribution in [0.2, 0.25) is 0 Å². The summed E-state index contributed by atoms with van der Waals surface area (Å²) in [5, 5.41) is 12.6. The SMILES string of the molecule is COc1ccc(-n2c(SCC(=O)NC3CC3)nnc2-c2ccc(C(C)(C)C)cc2)cc1. The van der Waals surface area contributed by atoms with Crippen molar-refractivity contribution in [3.63, 3.8) is 0 Å². The van der Waals surface area contributed by atoms with Gasteiger partial charge in [-0.15, -0.1) is 10.2 Å². The van der Waals surface area contributed by atoms with Crippen LogP contribution >= 0.6 is 11.8 Å². The van der Waals surface area contributed by atoms with Crippen LogP contribution in [0.15, 0.2) is 53.7 Å². The Kier molecular flexibility index (Phi) is 6.05. The number of methoxy groups -OCH3 is 1. The van der Waals surface area contributed by atoms with Crippen molar-refractivity contribution in [3.8, 4) is 22.8 Å². The smallest absolute Gasteiger partial charge is 0.230 e. The number of rotatable bonds is 7. The third-order valence-corrected chi connectivity index (χ3v) is 6.18. The van der Waals surface area contributed by atoms with Gasteiger partial charge in [0, 0.05) is 17.3 Å². The molecule has 7 heteroatoms. The summed E-state index contributed by atoms with van der Waals surface area (Å²) in [6, 6.07) is 16.6. The molecule has 31 heavy (non-hydrogen) atoms. The van der Waals surface area contributed by atoms with E-state index in [-0.39, 0.29) is 11.3 Å². The standard InChI is InChI=1S/C24H28N4O2S/c1-24(2,3)17-7-5-16(6-8-17)22-26-27-23(31-15-21(29)25-18-9-10-18)28(22)19-11-13-20(30-4)14-12-19/h5-8,11-14,18H,9-10,15H2,1-4H3,(H,25,29). The van der Waals surface area contributed by atoms with Crippen LogP contribution in [0, 0.1) is 0 Å². The number of amides is 1. The Labute approximate surface area is 187 Å². The summed E-state index contributed by atoms with van der Waals surface area (Å²) in [5.74, 6) is 1.88. The normalized spacial score (nSPS) is 13.8. The molecular weight excluding hydrogens is 408 g/mol. The van der Waals surface area contributed by atoms with E-state index in [9.17, 15) is 4.79 Å². The fourth-order valence-corrected chi connectivity index (χ4v) is 4.02. The minimum Gasteiger partial charge on any atom is -0.497 e. The van der Waals surface area contributed by atoms with E-state index in [1.807, 2.05) is 28.8 Å². The van der Waals surface area contributed by atoms with Crippen molar-refractivity contribution in [3.05, 3.63) is 54.1 Å². The molecule has 1 N–H and O–H groups in total. The third-order valence-electron chi connectivity index (χ3n) is 5.25. The van der Waals surface area contributed by atoms with Crippen molar-refractivity contribution < 1.29 is 9.53 Å². The van der Waals surface area contributed by atoms with E-state index in [1.54, 1.807) is 7.11 Å². The Morgan fingerprint density at radius 3 is 2.35 bits per heavy atom. The topological polar surface area (TPSA) is 69.0 Å². The largest absolute Gasteiger partial charge is 0.497 e. The molecule has 3 aromatic rings. The molecule has 1 fully saturated rings. The Hall–Kier alpha value is -2.80. The van der Waals surface area contributed by atoms with Crippen LogP contribution in [0.25, 0.3) is 17.1 Å². The van der Waals surface area contributed by atoms with Gasteiger partial charge in [0.05, 0.1) is 12.9 Å². The molecule has 0 radical (unpaired) electrons. The highest BCUT2D eigenvalue weighted by atomic mass is 32.2. The molecule has 1 aromatic heterocycles. The minimum absolute atomic E-state index is 0.0351. The van der Waals surface area contributed by atoms with Gasteiger partial charge in [0.15, 0.2) is 11.0 Å². The molecule has 4 rings (SSSR count). The summed E-state index contributed by atoms with van der Waals surface area (Å²) >= 11 is 1.40. The molecule has 2 aromatic carbocycles. The van der Waals surface area contributed by atoms with E-state index in [2.05, 4.69) is 60.6 Å². The van der Waals surface area contributed by atoms with Gasteiger partial charge in [-0.3, -0.25) is 9.36 Å². The van der Waals surface area contributed by atoms with Crippen LogP contribution in [0.4, 0.5) is 0 Å². The van der Waals surface area contributed by atoms with Gasteiger partial charge in [-0.2, -0.15) is 0 Å². The number of benzene rings is 2. The Morgan fingerprint density at radius 2 is 1.77 bits per heavy atom. The predicted molar refractivity (Wildman–Crippen MR) is 124 cm³/mol. The maximum Gasteiger partial charge on any atom is 0.230 e. The van der Waals surface area contributed by atoms with Crippen molar-refractivity contribution in [2.75, 3.05) is 12.9 Å². The number of ether oxygens (including phenoxy) is 1. The molecule has 1 saturated carbocycles. The summed E-state index contributed by atoms with van der Waals surface area (Å²) in [5.41, 5.74) is 3.24. The lowest BCUT2D eigenvalue weighted by Gasteiger charge is -2.19. The number of hydrogen-bond acceptors (Lipinski definition) is 5. The average molecular weight is 437 g/mol. The maximum absolute atomic E-state index is 12.2. The monoisotopic (exact) mass is 436 g/mol. The first-order valence-corrected chi connectivity index (χ1v) is 11.5. The van der Waals surface area contributed by atoms with Crippen LogP contribution in [-0.2, 0) is 10.2 Å². The van der Waals surface area contributed by atoms with Gasteiger partial charge in [-0.25, -0.2) is 0 Å². The number of nitrogens with zero attached hydrogens (tertiary/aromatic N) is 3. The number of aromatic nitrogens is 3. The van der Waals surface area contributed by atoms with Gasteiger partial charge < -0.3 is 10.1 Å². The molecule has 6 nitrogen and oxygen atoms in total. The first-order valence-electron chi connectivity index (χ1n) is 10.5. The number of carbonyl (C=O) groups is 1.